The Morgan fingerprint density at radius 3 is 2.65 bits per heavy atom. The molecule has 1 aliphatic carbocycles. The molecule has 0 spiro atoms. The number of hydrogen-bond donors (Lipinski definition) is 1. The molecule has 1 saturated heterocycles. The summed E-state index contributed by atoms with van der Waals surface area (Å²) in [4.78, 5) is 12.7. The lowest BCUT2D eigenvalue weighted by Crippen LogP contribution is -2.38. The fourth-order valence-corrected chi connectivity index (χ4v) is 3.72. The Labute approximate surface area is 118 Å². The van der Waals surface area contributed by atoms with Gasteiger partial charge in [-0.1, -0.05) is 18.6 Å². The molecule has 2 N–H and O–H groups in total. The molecule has 0 radical (unpaired) electrons. The van der Waals surface area contributed by atoms with Crippen LogP contribution in [-0.4, -0.2) is 29.0 Å². The molecule has 2 fully saturated rings. The molecule has 3 rings (SSSR count). The average Bonchev–Trinajstić information content (AvgIpc) is 2.83. The van der Waals surface area contributed by atoms with Gasteiger partial charge >= 0.3 is 0 Å². The van der Waals surface area contributed by atoms with Crippen LogP contribution in [0.5, 0.6) is 0 Å². The van der Waals surface area contributed by atoms with Gasteiger partial charge < -0.3 is 5.73 Å². The third-order valence-electron chi connectivity index (χ3n) is 4.78. The van der Waals surface area contributed by atoms with E-state index in [0.29, 0.717) is 12.0 Å². The number of rotatable bonds is 3. The van der Waals surface area contributed by atoms with Crippen LogP contribution in [-0.2, 0) is 6.54 Å². The molecule has 20 heavy (non-hydrogen) atoms. The molecule has 1 saturated carbocycles. The minimum Gasteiger partial charge on any atom is -0.327 e. The largest absolute Gasteiger partial charge is 0.327 e. The van der Waals surface area contributed by atoms with Gasteiger partial charge in [0, 0.05) is 37.8 Å². The molecule has 1 aromatic carbocycles. The molecule has 108 valence electrons. The van der Waals surface area contributed by atoms with Gasteiger partial charge in [-0.15, -0.1) is 0 Å². The zero-order valence-corrected chi connectivity index (χ0v) is 11.6. The van der Waals surface area contributed by atoms with Crippen LogP contribution in [0.25, 0.3) is 0 Å². The maximum Gasteiger partial charge on any atom is 0.269 e. The van der Waals surface area contributed by atoms with Crippen molar-refractivity contribution in [2.45, 2.75) is 31.8 Å². The van der Waals surface area contributed by atoms with Gasteiger partial charge in [0.1, 0.15) is 0 Å². The number of non-ortho nitro benzene ring substituents is 1. The molecule has 5 heteroatoms. The van der Waals surface area contributed by atoms with E-state index >= 15 is 0 Å². The van der Waals surface area contributed by atoms with Gasteiger partial charge in [-0.05, 0) is 30.2 Å². The quantitative estimate of drug-likeness (QED) is 0.677. The van der Waals surface area contributed by atoms with E-state index in [-0.39, 0.29) is 10.6 Å². The number of fused-ring (bicyclic) bond motifs is 1. The Balaban J connectivity index is 1.62. The van der Waals surface area contributed by atoms with Gasteiger partial charge in [0.2, 0.25) is 0 Å². The zero-order valence-electron chi connectivity index (χ0n) is 11.6. The normalized spacial score (nSPS) is 30.1. The Hall–Kier alpha value is -1.46. The van der Waals surface area contributed by atoms with E-state index in [4.69, 9.17) is 5.73 Å². The summed E-state index contributed by atoms with van der Waals surface area (Å²) in [5, 5.41) is 10.6. The van der Waals surface area contributed by atoms with Crippen molar-refractivity contribution in [2.75, 3.05) is 13.1 Å². The summed E-state index contributed by atoms with van der Waals surface area (Å²) in [6.07, 6.45) is 3.72. The summed E-state index contributed by atoms with van der Waals surface area (Å²) in [6, 6.07) is 7.25. The molecule has 0 amide bonds. The standard InChI is InChI=1S/C15H21N3O2/c16-15-3-1-2-12-9-17(10-14(12)15)8-11-4-6-13(7-5-11)18(19)20/h4-7,12,14-15H,1-3,8-10,16H2. The molecule has 5 nitrogen and oxygen atoms in total. The smallest absolute Gasteiger partial charge is 0.269 e. The van der Waals surface area contributed by atoms with Crippen molar-refractivity contribution in [3.05, 3.63) is 39.9 Å². The number of benzene rings is 1. The second-order valence-corrected chi connectivity index (χ2v) is 6.14. The maximum absolute atomic E-state index is 10.6. The fraction of sp³-hybridized carbons (Fsp3) is 0.600. The molecule has 1 heterocycles. The first kappa shape index (κ1) is 13.5. The van der Waals surface area contributed by atoms with Crippen LogP contribution in [0.1, 0.15) is 24.8 Å². The van der Waals surface area contributed by atoms with Gasteiger partial charge in [-0.3, -0.25) is 15.0 Å². The summed E-state index contributed by atoms with van der Waals surface area (Å²) >= 11 is 0. The van der Waals surface area contributed by atoms with Crippen LogP contribution in [0.4, 0.5) is 5.69 Å². The highest BCUT2D eigenvalue weighted by atomic mass is 16.6. The first-order valence-corrected chi connectivity index (χ1v) is 7.35. The van der Waals surface area contributed by atoms with E-state index in [1.807, 2.05) is 12.1 Å². The second-order valence-electron chi connectivity index (χ2n) is 6.14. The van der Waals surface area contributed by atoms with E-state index < -0.39 is 0 Å². The van der Waals surface area contributed by atoms with Crippen LogP contribution in [0.3, 0.4) is 0 Å². The lowest BCUT2D eigenvalue weighted by molar-refractivity contribution is -0.384. The maximum atomic E-state index is 10.6. The highest BCUT2D eigenvalue weighted by Gasteiger charge is 2.38. The van der Waals surface area contributed by atoms with Crippen molar-refractivity contribution in [1.29, 1.82) is 0 Å². The van der Waals surface area contributed by atoms with Gasteiger partial charge in [-0.2, -0.15) is 0 Å². The Kier molecular flexibility index (Phi) is 3.72. The summed E-state index contributed by atoms with van der Waals surface area (Å²) in [6.45, 7) is 3.07. The predicted molar refractivity (Wildman–Crippen MR) is 77.2 cm³/mol. The van der Waals surface area contributed by atoms with Gasteiger partial charge in [-0.25, -0.2) is 0 Å². The monoisotopic (exact) mass is 275 g/mol. The molecule has 3 atom stereocenters. The first-order valence-electron chi connectivity index (χ1n) is 7.35. The Morgan fingerprint density at radius 2 is 2.00 bits per heavy atom. The van der Waals surface area contributed by atoms with Gasteiger partial charge in [0.05, 0.1) is 4.92 Å². The Morgan fingerprint density at radius 1 is 1.25 bits per heavy atom. The summed E-state index contributed by atoms with van der Waals surface area (Å²) < 4.78 is 0. The molecular formula is C15H21N3O2. The molecule has 1 aromatic rings. The molecule has 1 aliphatic heterocycles. The zero-order chi connectivity index (χ0) is 14.1. The molecular weight excluding hydrogens is 254 g/mol. The van der Waals surface area contributed by atoms with E-state index in [1.54, 1.807) is 12.1 Å². The number of nitro benzene ring substituents is 1. The third kappa shape index (κ3) is 2.69. The number of hydrogen-bond acceptors (Lipinski definition) is 4. The lowest BCUT2D eigenvalue weighted by Gasteiger charge is -2.29. The van der Waals surface area contributed by atoms with E-state index in [1.165, 1.54) is 12.8 Å². The summed E-state index contributed by atoms with van der Waals surface area (Å²) in [5.41, 5.74) is 7.53. The van der Waals surface area contributed by atoms with Crippen LogP contribution < -0.4 is 5.73 Å². The lowest BCUT2D eigenvalue weighted by atomic mass is 9.78. The van der Waals surface area contributed by atoms with E-state index in [2.05, 4.69) is 4.90 Å². The minimum absolute atomic E-state index is 0.158. The topological polar surface area (TPSA) is 72.4 Å². The first-order chi connectivity index (χ1) is 9.63. The Bertz CT molecular complexity index is 488. The number of nitrogens with zero attached hydrogens (tertiary/aromatic N) is 2. The van der Waals surface area contributed by atoms with Crippen molar-refractivity contribution in [2.24, 2.45) is 17.6 Å². The van der Waals surface area contributed by atoms with Gasteiger partial charge in [0.15, 0.2) is 0 Å². The van der Waals surface area contributed by atoms with Crippen LogP contribution in [0, 0.1) is 22.0 Å². The summed E-state index contributed by atoms with van der Waals surface area (Å²) in [7, 11) is 0. The van der Waals surface area contributed by atoms with Gasteiger partial charge in [0.25, 0.3) is 5.69 Å². The molecule has 3 unspecified atom stereocenters. The van der Waals surface area contributed by atoms with Crippen molar-refractivity contribution in [3.63, 3.8) is 0 Å². The number of nitrogens with two attached hydrogens (primary N) is 1. The third-order valence-corrected chi connectivity index (χ3v) is 4.78. The number of nitro groups is 1. The van der Waals surface area contributed by atoms with Crippen LogP contribution >= 0.6 is 0 Å². The highest BCUT2D eigenvalue weighted by molar-refractivity contribution is 5.32. The van der Waals surface area contributed by atoms with Crippen molar-refractivity contribution in [1.82, 2.24) is 4.90 Å². The average molecular weight is 275 g/mol. The van der Waals surface area contributed by atoms with Crippen molar-refractivity contribution < 1.29 is 4.92 Å². The summed E-state index contributed by atoms with van der Waals surface area (Å²) in [5.74, 6) is 1.39. The van der Waals surface area contributed by atoms with Crippen molar-refractivity contribution >= 4 is 5.69 Å². The van der Waals surface area contributed by atoms with Crippen LogP contribution in [0.2, 0.25) is 0 Å². The van der Waals surface area contributed by atoms with E-state index in [9.17, 15) is 10.1 Å². The molecule has 0 aromatic heterocycles. The minimum atomic E-state index is -0.354. The van der Waals surface area contributed by atoms with Crippen molar-refractivity contribution in [3.8, 4) is 0 Å². The van der Waals surface area contributed by atoms with Crippen LogP contribution in [0.15, 0.2) is 24.3 Å². The SMILES string of the molecule is NC1CCCC2CN(Cc3ccc([N+](=O)[O-])cc3)CC12. The fourth-order valence-electron chi connectivity index (χ4n) is 3.72. The predicted octanol–water partition coefficient (Wildman–Crippen LogP) is 2.15. The molecule has 2 aliphatic rings. The molecule has 0 bridgehead atoms. The highest BCUT2D eigenvalue weighted by Crippen LogP contribution is 2.36. The second kappa shape index (κ2) is 5.50. The number of likely N-dealkylation sites (tertiary alicyclic amines) is 1. The van der Waals surface area contributed by atoms with E-state index in [0.717, 1.165) is 37.5 Å².